The normalized spacial score (nSPS) is 16.8. The Labute approximate surface area is 162 Å². The molecule has 0 unspecified atom stereocenters. The Morgan fingerprint density at radius 1 is 1.11 bits per heavy atom. The van der Waals surface area contributed by atoms with E-state index >= 15 is 0 Å². The van der Waals surface area contributed by atoms with Gasteiger partial charge < -0.3 is 10.2 Å². The minimum Gasteiger partial charge on any atom is -0.349 e. The first-order valence-electron chi connectivity index (χ1n) is 9.80. The summed E-state index contributed by atoms with van der Waals surface area (Å²) in [5, 5.41) is 3.33. The fraction of sp³-hybridized carbons (Fsp3) is 0.500. The summed E-state index contributed by atoms with van der Waals surface area (Å²) in [6.45, 7) is 8.28. The number of aromatic nitrogens is 2. The largest absolute Gasteiger partial charge is 0.349 e. The van der Waals surface area contributed by atoms with Gasteiger partial charge >= 0.3 is 0 Å². The smallest absolute Gasteiger partial charge is 0.225 e. The second-order valence-electron chi connectivity index (χ2n) is 8.55. The van der Waals surface area contributed by atoms with Gasteiger partial charge in [-0.25, -0.2) is 9.97 Å². The Kier molecular flexibility index (Phi) is 6.09. The minimum absolute atomic E-state index is 0.0502. The third-order valence-electron chi connectivity index (χ3n) is 5.04. The number of nitrogens with one attached hydrogen (secondary N) is 1. The lowest BCUT2D eigenvalue weighted by molar-refractivity contribution is -0.126. The van der Waals surface area contributed by atoms with Gasteiger partial charge in [0.05, 0.1) is 6.04 Å². The lowest BCUT2D eigenvalue weighted by atomic mass is 9.85. The molecule has 0 radical (unpaired) electrons. The van der Waals surface area contributed by atoms with Gasteiger partial charge in [-0.3, -0.25) is 4.79 Å². The molecular weight excluding hydrogens is 336 g/mol. The van der Waals surface area contributed by atoms with Crippen molar-refractivity contribution in [3.63, 3.8) is 0 Å². The van der Waals surface area contributed by atoms with Gasteiger partial charge in [0, 0.05) is 31.4 Å². The zero-order valence-electron chi connectivity index (χ0n) is 16.6. The van der Waals surface area contributed by atoms with E-state index in [1.54, 1.807) is 12.4 Å². The molecule has 0 saturated carbocycles. The zero-order chi connectivity index (χ0) is 19.3. The molecule has 1 amide bonds. The zero-order valence-corrected chi connectivity index (χ0v) is 16.6. The lowest BCUT2D eigenvalue weighted by Crippen LogP contribution is -2.42. The summed E-state index contributed by atoms with van der Waals surface area (Å²) in [6, 6.07) is 12.2. The molecule has 1 fully saturated rings. The maximum absolute atomic E-state index is 12.9. The number of carbonyl (C=O) groups is 1. The lowest BCUT2D eigenvalue weighted by Gasteiger charge is -2.33. The second kappa shape index (κ2) is 8.51. The number of hydrogen-bond acceptors (Lipinski definition) is 4. The molecule has 27 heavy (non-hydrogen) atoms. The number of nitrogens with zero attached hydrogens (tertiary/aromatic N) is 3. The quantitative estimate of drug-likeness (QED) is 0.869. The molecule has 144 valence electrons. The van der Waals surface area contributed by atoms with Crippen LogP contribution >= 0.6 is 0 Å². The van der Waals surface area contributed by atoms with E-state index in [1.807, 2.05) is 24.3 Å². The molecule has 1 aliphatic heterocycles. The first-order chi connectivity index (χ1) is 12.9. The standard InChI is InChI=1S/C22H30N4O/c1-22(2,3)16-19(17-8-5-4-6-9-17)25-20(27)18-10-14-26(15-11-18)21-23-12-7-13-24-21/h4-9,12-13,18-19H,10-11,14-16H2,1-3H3,(H,25,27)/t19-/m0/s1. The molecule has 2 heterocycles. The number of rotatable bonds is 5. The fourth-order valence-corrected chi connectivity index (χ4v) is 3.64. The van der Waals surface area contributed by atoms with Crippen LogP contribution in [-0.4, -0.2) is 29.0 Å². The van der Waals surface area contributed by atoms with Crippen LogP contribution in [0.4, 0.5) is 5.95 Å². The Balaban J connectivity index is 1.61. The summed E-state index contributed by atoms with van der Waals surface area (Å²) in [7, 11) is 0. The summed E-state index contributed by atoms with van der Waals surface area (Å²) in [5.41, 5.74) is 1.32. The third-order valence-corrected chi connectivity index (χ3v) is 5.04. The van der Waals surface area contributed by atoms with Gasteiger partial charge in [0.1, 0.15) is 0 Å². The molecule has 1 N–H and O–H groups in total. The van der Waals surface area contributed by atoms with Crippen molar-refractivity contribution in [3.05, 3.63) is 54.4 Å². The maximum Gasteiger partial charge on any atom is 0.225 e. The van der Waals surface area contributed by atoms with E-state index in [0.29, 0.717) is 0 Å². The van der Waals surface area contributed by atoms with Gasteiger partial charge in [-0.15, -0.1) is 0 Å². The third kappa shape index (κ3) is 5.52. The Morgan fingerprint density at radius 3 is 2.33 bits per heavy atom. The number of anilines is 1. The molecule has 1 aromatic heterocycles. The average Bonchev–Trinajstić information content (AvgIpc) is 2.68. The molecule has 1 aliphatic rings. The predicted molar refractivity (Wildman–Crippen MR) is 108 cm³/mol. The topological polar surface area (TPSA) is 58.1 Å². The summed E-state index contributed by atoms with van der Waals surface area (Å²) < 4.78 is 0. The van der Waals surface area contributed by atoms with Crippen molar-refractivity contribution in [1.82, 2.24) is 15.3 Å². The van der Waals surface area contributed by atoms with E-state index < -0.39 is 0 Å². The molecule has 0 bridgehead atoms. The van der Waals surface area contributed by atoms with Crippen LogP contribution in [0.2, 0.25) is 0 Å². The van der Waals surface area contributed by atoms with E-state index in [1.165, 1.54) is 5.56 Å². The van der Waals surface area contributed by atoms with Crippen LogP contribution < -0.4 is 10.2 Å². The average molecular weight is 367 g/mol. The van der Waals surface area contributed by atoms with Gasteiger partial charge in [0.15, 0.2) is 0 Å². The molecule has 1 atom stereocenters. The van der Waals surface area contributed by atoms with Crippen LogP contribution in [0.25, 0.3) is 0 Å². The van der Waals surface area contributed by atoms with Crippen molar-refractivity contribution in [1.29, 1.82) is 0 Å². The van der Waals surface area contributed by atoms with E-state index in [4.69, 9.17) is 0 Å². The highest BCUT2D eigenvalue weighted by Gasteiger charge is 2.29. The van der Waals surface area contributed by atoms with Crippen molar-refractivity contribution in [2.75, 3.05) is 18.0 Å². The van der Waals surface area contributed by atoms with E-state index in [2.05, 4.69) is 53.1 Å². The molecule has 2 aromatic rings. The summed E-state index contributed by atoms with van der Waals surface area (Å²) in [4.78, 5) is 23.7. The Bertz CT molecular complexity index is 719. The SMILES string of the molecule is CC(C)(C)C[C@H](NC(=O)C1CCN(c2ncccn2)CC1)c1ccccc1. The van der Waals surface area contributed by atoms with E-state index in [9.17, 15) is 4.79 Å². The van der Waals surface area contributed by atoms with E-state index in [0.717, 1.165) is 38.3 Å². The van der Waals surface area contributed by atoms with Gasteiger partial charge in [0.25, 0.3) is 0 Å². The monoisotopic (exact) mass is 366 g/mol. The molecule has 1 aromatic carbocycles. The molecule has 1 saturated heterocycles. The van der Waals surface area contributed by atoms with Crippen molar-refractivity contribution in [3.8, 4) is 0 Å². The second-order valence-corrected chi connectivity index (χ2v) is 8.55. The Morgan fingerprint density at radius 2 is 1.74 bits per heavy atom. The molecule has 3 rings (SSSR count). The van der Waals surface area contributed by atoms with Crippen LogP contribution in [0, 0.1) is 11.3 Å². The van der Waals surface area contributed by atoms with Crippen LogP contribution in [0.15, 0.2) is 48.8 Å². The molecular formula is C22H30N4O. The van der Waals surface area contributed by atoms with Crippen molar-refractivity contribution >= 4 is 11.9 Å². The minimum atomic E-state index is 0.0502. The highest BCUT2D eigenvalue weighted by Crippen LogP contribution is 2.30. The van der Waals surface area contributed by atoms with Crippen molar-refractivity contribution in [2.24, 2.45) is 11.3 Å². The summed E-state index contributed by atoms with van der Waals surface area (Å²) in [5.74, 6) is 0.976. The Hall–Kier alpha value is -2.43. The highest BCUT2D eigenvalue weighted by atomic mass is 16.1. The van der Waals surface area contributed by atoms with Gasteiger partial charge in [-0.05, 0) is 36.3 Å². The van der Waals surface area contributed by atoms with Crippen molar-refractivity contribution < 1.29 is 4.79 Å². The van der Waals surface area contributed by atoms with Crippen LogP contribution in [0.5, 0.6) is 0 Å². The van der Waals surface area contributed by atoms with Crippen LogP contribution in [0.3, 0.4) is 0 Å². The van der Waals surface area contributed by atoms with Gasteiger partial charge in [-0.2, -0.15) is 0 Å². The first kappa shape index (κ1) is 19.3. The predicted octanol–water partition coefficient (Wildman–Crippen LogP) is 3.99. The summed E-state index contributed by atoms with van der Waals surface area (Å²) in [6.07, 6.45) is 6.11. The van der Waals surface area contributed by atoms with Crippen LogP contribution in [-0.2, 0) is 4.79 Å². The fourth-order valence-electron chi connectivity index (χ4n) is 3.64. The summed E-state index contributed by atoms with van der Waals surface area (Å²) >= 11 is 0. The molecule has 5 heteroatoms. The number of carbonyl (C=O) groups excluding carboxylic acids is 1. The molecule has 5 nitrogen and oxygen atoms in total. The number of piperidine rings is 1. The molecule has 0 spiro atoms. The number of hydrogen-bond donors (Lipinski definition) is 1. The van der Waals surface area contributed by atoms with Crippen molar-refractivity contribution in [2.45, 2.75) is 46.1 Å². The number of amides is 1. The highest BCUT2D eigenvalue weighted by molar-refractivity contribution is 5.79. The van der Waals surface area contributed by atoms with Crippen LogP contribution in [0.1, 0.15) is 51.6 Å². The molecule has 0 aliphatic carbocycles. The van der Waals surface area contributed by atoms with E-state index in [-0.39, 0.29) is 23.3 Å². The number of benzene rings is 1. The maximum atomic E-state index is 12.9. The van der Waals surface area contributed by atoms with Gasteiger partial charge in [-0.1, -0.05) is 51.1 Å². The first-order valence-corrected chi connectivity index (χ1v) is 9.80. The van der Waals surface area contributed by atoms with Gasteiger partial charge in [0.2, 0.25) is 11.9 Å².